The van der Waals surface area contributed by atoms with Gasteiger partial charge in [-0.3, -0.25) is 48.5 Å². The number of amides is 4. The number of phenolic OH excluding ortho intramolecular Hbond substituents is 1. The van der Waals surface area contributed by atoms with E-state index >= 15 is 0 Å². The number of anilines is 2. The SMILES string of the molecule is CNC(=O)c1cc(Cl)ccn1.CNC(=O)c1cc(Oc2ccc(CCC(=O)Nc3ccccc3)cc2)ccn1.CNC(=O)c1cc(Oc2ccc(CCC(=O)O)cc2)ccn1.Nc1ccccc1.O=C(O)CCc1ccc(O)cc1.O=CO[O-].[Cs+].[Cs+].[H-]. The second-order valence-electron chi connectivity index (χ2n) is 16.8. The normalized spacial score (nSPS) is 9.36. The van der Waals surface area contributed by atoms with E-state index in [1.54, 1.807) is 80.8 Å². The van der Waals surface area contributed by atoms with Gasteiger partial charge < -0.3 is 63.4 Å². The maximum absolute atomic E-state index is 12.0. The smallest absolute Gasteiger partial charge is 1.00 e. The van der Waals surface area contributed by atoms with Crippen molar-refractivity contribution in [3.05, 3.63) is 227 Å². The standard InChI is InChI=1S/C22H21N3O3.C16H16N2O4.C9H10O3.C7H7ClN2O.C6H7N.CH2O3.2Cs.H/c1-23-22(27)20-15-19(13-14-24-20)28-18-10-7-16(8-11-18)9-12-21(26)25-17-5-3-2-4-6-17;1-17-16(21)14-10-13(8-9-18-14)22-12-5-2-11(3-6-12)4-7-15(19)20;10-8-4-1-7(2-5-8)3-6-9(11)12;1-9-7(11)6-4-5(8)2-3-10-6;7-6-4-2-1-3-5-6;2-1-4-3;;;/h2-8,10-11,13-15H,9,12H2,1H3,(H,23,27)(H,25,26);2-3,5-6,8-10H,4,7H2,1H3,(H,17,21)(H,19,20);1-2,4-5,10H,3,6H2,(H,11,12);2-4H,1H3,(H,9,11);1-5H,7H2;1,3H;;;/q;;;;;;2*+1;-1/p-1. The van der Waals surface area contributed by atoms with E-state index < -0.39 is 11.9 Å². The van der Waals surface area contributed by atoms with E-state index in [1.807, 2.05) is 97.1 Å². The minimum absolute atomic E-state index is 0. The summed E-state index contributed by atoms with van der Waals surface area (Å²) in [4.78, 5) is 89.9. The van der Waals surface area contributed by atoms with E-state index in [9.17, 15) is 28.8 Å². The Labute approximate surface area is 621 Å². The van der Waals surface area contributed by atoms with Crippen LogP contribution in [0, 0.1) is 0 Å². The molecule has 4 amide bonds. The number of rotatable bonds is 18. The number of pyridine rings is 3. The zero-order valence-corrected chi connectivity index (χ0v) is 61.2. The number of aromatic nitrogens is 3. The Kier molecular flexibility index (Phi) is 41.1. The van der Waals surface area contributed by atoms with Crippen molar-refractivity contribution in [2.24, 2.45) is 0 Å². The first kappa shape index (κ1) is 77.4. The molecule has 0 atom stereocenters. The summed E-state index contributed by atoms with van der Waals surface area (Å²) in [6.07, 6.45) is 6.77. The number of nitrogens with zero attached hydrogens (tertiary/aromatic N) is 3. The third-order valence-electron chi connectivity index (χ3n) is 10.6. The molecule has 0 unspecified atom stereocenters. The number of carboxylic acid groups (broad SMARTS) is 2. The second-order valence-corrected chi connectivity index (χ2v) is 17.2. The summed E-state index contributed by atoms with van der Waals surface area (Å²) < 4.78 is 11.4. The molecular formula is C61H63ClCs2N8O14. The van der Waals surface area contributed by atoms with Gasteiger partial charge in [-0.15, -0.1) is 0 Å². The number of nitrogens with two attached hydrogens (primary N) is 1. The molecule has 0 aliphatic heterocycles. The molecule has 0 spiro atoms. The van der Waals surface area contributed by atoms with Crippen molar-refractivity contribution in [3.63, 3.8) is 0 Å². The monoisotopic (exact) mass is 1430 g/mol. The second kappa shape index (κ2) is 45.7. The van der Waals surface area contributed by atoms with Crippen molar-refractivity contribution < 1.29 is 208 Å². The summed E-state index contributed by atoms with van der Waals surface area (Å²) in [5.74, 6) is 0.0627. The van der Waals surface area contributed by atoms with Crippen molar-refractivity contribution in [2.75, 3.05) is 32.2 Å². The van der Waals surface area contributed by atoms with Gasteiger partial charge in [-0.2, -0.15) is 0 Å². The average molecular weight is 1430 g/mol. The van der Waals surface area contributed by atoms with Gasteiger partial charge in [0.2, 0.25) is 5.91 Å². The molecule has 0 radical (unpaired) electrons. The number of ether oxygens (including phenoxy) is 2. The van der Waals surface area contributed by atoms with Gasteiger partial charge in [0.15, 0.2) is 0 Å². The summed E-state index contributed by atoms with van der Waals surface area (Å²) in [6.45, 7) is -0.181. The molecule has 440 valence electrons. The third kappa shape index (κ3) is 33.9. The number of hydrogen-bond donors (Lipinski definition) is 8. The van der Waals surface area contributed by atoms with E-state index in [4.69, 9.17) is 52.2 Å². The van der Waals surface area contributed by atoms with E-state index in [-0.39, 0.29) is 194 Å². The number of carbonyl (C=O) groups is 7. The summed E-state index contributed by atoms with van der Waals surface area (Å²) in [6, 6.07) is 49.7. The summed E-state index contributed by atoms with van der Waals surface area (Å²) in [5, 5.41) is 45.2. The van der Waals surface area contributed by atoms with Crippen LogP contribution in [0.1, 0.15) is 68.8 Å². The van der Waals surface area contributed by atoms with E-state index in [2.05, 4.69) is 41.1 Å². The van der Waals surface area contributed by atoms with Crippen LogP contribution >= 0.6 is 11.6 Å². The van der Waals surface area contributed by atoms with Crippen molar-refractivity contribution in [2.45, 2.75) is 38.5 Å². The van der Waals surface area contributed by atoms with Crippen molar-refractivity contribution in [3.8, 4) is 28.7 Å². The Bertz CT molecular complexity index is 3310. The molecule has 22 nitrogen and oxygen atoms in total. The number of carbonyl (C=O) groups excluding carboxylic acids is 5. The van der Waals surface area contributed by atoms with Gasteiger partial charge in [-0.25, -0.2) is 0 Å². The molecular weight excluding hydrogens is 1370 g/mol. The number of para-hydroxylation sites is 2. The Hall–Kier alpha value is -6.61. The molecule has 86 heavy (non-hydrogen) atoms. The molecule has 8 aromatic rings. The molecule has 0 saturated carbocycles. The fourth-order valence-electron chi connectivity index (χ4n) is 6.45. The van der Waals surface area contributed by atoms with Gasteiger partial charge in [0, 0.05) is 87.5 Å². The van der Waals surface area contributed by atoms with Crippen molar-refractivity contribution >= 4 is 65.0 Å². The summed E-state index contributed by atoms with van der Waals surface area (Å²) in [5.41, 5.74) is 10.8. The number of aliphatic carboxylic acids is 2. The molecule has 8 rings (SSSR count). The van der Waals surface area contributed by atoms with Crippen LogP contribution in [-0.4, -0.2) is 93.5 Å². The number of benzene rings is 5. The van der Waals surface area contributed by atoms with Gasteiger partial charge in [0.1, 0.15) is 45.8 Å². The number of aryl methyl sites for hydroxylation is 3. The molecule has 0 fully saturated rings. The predicted octanol–water partition coefficient (Wildman–Crippen LogP) is 2.38. The predicted molar refractivity (Wildman–Crippen MR) is 313 cm³/mol. The van der Waals surface area contributed by atoms with Gasteiger partial charge in [0.05, 0.1) is 0 Å². The first-order chi connectivity index (χ1) is 40.4. The van der Waals surface area contributed by atoms with Gasteiger partial charge in [-0.1, -0.05) is 84.4 Å². The number of halogens is 1. The number of hydrogen-bond acceptors (Lipinski definition) is 16. The van der Waals surface area contributed by atoms with E-state index in [0.717, 1.165) is 28.1 Å². The van der Waals surface area contributed by atoms with E-state index in [0.29, 0.717) is 65.1 Å². The quantitative estimate of drug-likeness (QED) is 0.0265. The fourth-order valence-corrected chi connectivity index (χ4v) is 6.61. The first-order valence-electron chi connectivity index (χ1n) is 25.3. The molecule has 0 saturated heterocycles. The number of carboxylic acids is 2. The first-order valence-corrected chi connectivity index (χ1v) is 25.7. The van der Waals surface area contributed by atoms with Crippen LogP contribution in [0.15, 0.2) is 188 Å². The molecule has 0 aliphatic carbocycles. The Morgan fingerprint density at radius 2 is 0.895 bits per heavy atom. The summed E-state index contributed by atoms with van der Waals surface area (Å²) >= 11 is 5.63. The largest absolute Gasteiger partial charge is 1.00 e. The van der Waals surface area contributed by atoms with Crippen molar-refractivity contribution in [1.29, 1.82) is 0 Å². The zero-order chi connectivity index (χ0) is 61.5. The molecule has 5 aromatic carbocycles. The van der Waals surface area contributed by atoms with Gasteiger partial charge in [-0.05, 0) is 121 Å². The number of nitrogens with one attached hydrogen (secondary N) is 4. The van der Waals surface area contributed by atoms with Crippen LogP contribution in [-0.2, 0) is 43.3 Å². The average Bonchev–Trinajstić information content (AvgIpc) is 3.72. The minimum Gasteiger partial charge on any atom is -1.00 e. The third-order valence-corrected chi connectivity index (χ3v) is 10.8. The Morgan fingerprint density at radius 3 is 1.24 bits per heavy atom. The van der Waals surface area contributed by atoms with Crippen LogP contribution in [0.5, 0.6) is 28.7 Å². The number of phenols is 1. The van der Waals surface area contributed by atoms with Crippen LogP contribution in [0.4, 0.5) is 11.4 Å². The Morgan fingerprint density at radius 1 is 0.535 bits per heavy atom. The van der Waals surface area contributed by atoms with Crippen LogP contribution in [0.2, 0.25) is 5.02 Å². The molecule has 3 aromatic heterocycles. The van der Waals surface area contributed by atoms with Crippen molar-refractivity contribution in [1.82, 2.24) is 30.9 Å². The maximum atomic E-state index is 12.0. The van der Waals surface area contributed by atoms with E-state index in [1.165, 1.54) is 31.7 Å². The molecule has 0 aliphatic rings. The Balaban J connectivity index is 0.00000111. The fraction of sp³-hybridized carbons (Fsp3) is 0.148. The molecule has 0 bridgehead atoms. The molecule has 3 heterocycles. The van der Waals surface area contributed by atoms with Gasteiger partial charge in [0.25, 0.3) is 24.2 Å². The number of aromatic hydroxyl groups is 1. The van der Waals surface area contributed by atoms with Crippen LogP contribution in [0.25, 0.3) is 0 Å². The zero-order valence-electron chi connectivity index (χ0n) is 48.8. The van der Waals surface area contributed by atoms with Gasteiger partial charge >= 0.3 is 150 Å². The minimum atomic E-state index is -0.821. The maximum Gasteiger partial charge on any atom is 1.00 e. The molecule has 9 N–H and O–H groups in total. The van der Waals surface area contributed by atoms with Crippen LogP contribution in [0.3, 0.4) is 0 Å². The molecule has 25 heteroatoms. The van der Waals surface area contributed by atoms with Crippen LogP contribution < -0.4 is 180 Å². The number of nitrogen functional groups attached to an aromatic ring is 1. The topological polar surface area (TPSA) is 344 Å². The summed E-state index contributed by atoms with van der Waals surface area (Å²) in [7, 11) is 4.63.